The quantitative estimate of drug-likeness (QED) is 0.425. The number of rotatable bonds is 5. The van der Waals surface area contributed by atoms with Gasteiger partial charge in [-0.15, -0.1) is 0 Å². The number of para-hydroxylation sites is 1. The van der Waals surface area contributed by atoms with Gasteiger partial charge in [0.2, 0.25) is 0 Å². The smallest absolute Gasteiger partial charge is 0.252 e. The van der Waals surface area contributed by atoms with Crippen molar-refractivity contribution < 1.29 is 4.79 Å². The van der Waals surface area contributed by atoms with E-state index < -0.39 is 0 Å². The molecule has 5 heteroatoms. The minimum Gasteiger partial charge on any atom is -0.377 e. The summed E-state index contributed by atoms with van der Waals surface area (Å²) in [5.41, 5.74) is 2.92. The molecule has 0 bridgehead atoms. The molecule has 1 aliphatic carbocycles. The first kappa shape index (κ1) is 21.3. The Kier molecular flexibility index (Phi) is 5.86. The highest BCUT2D eigenvalue weighted by atomic mass is 16.1. The molecule has 5 nitrogen and oxygen atoms in total. The van der Waals surface area contributed by atoms with Crippen molar-refractivity contribution in [2.75, 3.05) is 24.3 Å². The maximum Gasteiger partial charge on any atom is 0.252 e. The Hall–Kier alpha value is -3.60. The first-order chi connectivity index (χ1) is 16.1. The zero-order valence-electron chi connectivity index (χ0n) is 19.2. The molecule has 1 heterocycles. The molecular formula is C28H30N4O. The zero-order valence-corrected chi connectivity index (χ0v) is 19.2. The summed E-state index contributed by atoms with van der Waals surface area (Å²) in [6.07, 6.45) is 3.93. The maximum absolute atomic E-state index is 13.0. The number of hydrogen-bond donors (Lipinski definition) is 2. The molecule has 0 spiro atoms. The Bertz CT molecular complexity index is 1290. The van der Waals surface area contributed by atoms with Crippen molar-refractivity contribution in [2.45, 2.75) is 37.8 Å². The van der Waals surface area contributed by atoms with E-state index in [1.54, 1.807) is 0 Å². The van der Waals surface area contributed by atoms with Crippen LogP contribution in [0.4, 0.5) is 11.5 Å². The summed E-state index contributed by atoms with van der Waals surface area (Å²) in [6.45, 7) is 0. The maximum atomic E-state index is 13.0. The summed E-state index contributed by atoms with van der Waals surface area (Å²) in [5.74, 6) is 0.940. The van der Waals surface area contributed by atoms with Crippen LogP contribution in [0.3, 0.4) is 0 Å². The van der Waals surface area contributed by atoms with Gasteiger partial charge in [-0.3, -0.25) is 4.79 Å². The Morgan fingerprint density at radius 2 is 1.52 bits per heavy atom. The minimum atomic E-state index is 0.0232. The van der Waals surface area contributed by atoms with Gasteiger partial charge in [0.15, 0.2) is 0 Å². The fourth-order valence-corrected chi connectivity index (χ4v) is 4.88. The SMILES string of the molecule is CN(C)c1cc(N[C@H]2CC[C@@H](NC(=O)c3cccc4ccccc34)CC2)nc2ccccc12. The second-order valence-electron chi connectivity index (χ2n) is 9.13. The summed E-state index contributed by atoms with van der Waals surface area (Å²) in [5, 5.41) is 10.2. The summed E-state index contributed by atoms with van der Waals surface area (Å²) >= 11 is 0. The van der Waals surface area contributed by atoms with E-state index in [1.165, 1.54) is 5.69 Å². The van der Waals surface area contributed by atoms with Crippen LogP contribution in [0, 0.1) is 0 Å². The molecule has 168 valence electrons. The molecule has 0 unspecified atom stereocenters. The number of amides is 1. The van der Waals surface area contributed by atoms with E-state index in [2.05, 4.69) is 53.9 Å². The van der Waals surface area contributed by atoms with Crippen molar-refractivity contribution in [3.63, 3.8) is 0 Å². The van der Waals surface area contributed by atoms with Crippen LogP contribution < -0.4 is 15.5 Å². The van der Waals surface area contributed by atoms with Crippen molar-refractivity contribution in [1.29, 1.82) is 0 Å². The van der Waals surface area contributed by atoms with Gasteiger partial charge in [-0.1, -0.05) is 54.6 Å². The Morgan fingerprint density at radius 3 is 2.30 bits per heavy atom. The lowest BCUT2D eigenvalue weighted by molar-refractivity contribution is 0.0928. The van der Waals surface area contributed by atoms with Crippen molar-refractivity contribution in [1.82, 2.24) is 10.3 Å². The lowest BCUT2D eigenvalue weighted by atomic mass is 9.90. The van der Waals surface area contributed by atoms with Gasteiger partial charge in [-0.05, 0) is 48.6 Å². The molecule has 1 amide bonds. The minimum absolute atomic E-state index is 0.0232. The number of hydrogen-bond acceptors (Lipinski definition) is 4. The molecule has 0 atom stereocenters. The van der Waals surface area contributed by atoms with Crippen LogP contribution in [-0.2, 0) is 0 Å². The largest absolute Gasteiger partial charge is 0.377 e. The van der Waals surface area contributed by atoms with E-state index in [9.17, 15) is 4.79 Å². The molecule has 0 aliphatic heterocycles. The molecule has 3 aromatic carbocycles. The highest BCUT2D eigenvalue weighted by Gasteiger charge is 2.24. The molecule has 2 N–H and O–H groups in total. The summed E-state index contributed by atoms with van der Waals surface area (Å²) in [7, 11) is 4.13. The second kappa shape index (κ2) is 9.10. The van der Waals surface area contributed by atoms with Crippen LogP contribution in [0.5, 0.6) is 0 Å². The highest BCUT2D eigenvalue weighted by Crippen LogP contribution is 2.29. The first-order valence-electron chi connectivity index (χ1n) is 11.7. The van der Waals surface area contributed by atoms with Gasteiger partial charge in [0.1, 0.15) is 5.82 Å². The van der Waals surface area contributed by atoms with Crippen molar-refractivity contribution in [3.05, 3.63) is 78.4 Å². The van der Waals surface area contributed by atoms with Gasteiger partial charge in [0.05, 0.1) is 5.52 Å². The average molecular weight is 439 g/mol. The molecule has 1 aliphatic rings. The van der Waals surface area contributed by atoms with Gasteiger partial charge in [-0.2, -0.15) is 0 Å². The van der Waals surface area contributed by atoms with Gasteiger partial charge in [-0.25, -0.2) is 4.98 Å². The predicted octanol–water partition coefficient (Wildman–Crippen LogP) is 5.61. The van der Waals surface area contributed by atoms with E-state index in [0.717, 1.165) is 58.7 Å². The number of nitrogens with one attached hydrogen (secondary N) is 2. The molecule has 5 rings (SSSR count). The third-order valence-corrected chi connectivity index (χ3v) is 6.62. The van der Waals surface area contributed by atoms with E-state index >= 15 is 0 Å². The fraction of sp³-hybridized carbons (Fsp3) is 0.286. The van der Waals surface area contributed by atoms with E-state index in [4.69, 9.17) is 4.98 Å². The molecule has 1 saturated carbocycles. The fourth-order valence-electron chi connectivity index (χ4n) is 4.88. The number of aromatic nitrogens is 1. The van der Waals surface area contributed by atoms with Crippen LogP contribution in [0.1, 0.15) is 36.0 Å². The molecule has 0 saturated heterocycles. The summed E-state index contributed by atoms with van der Waals surface area (Å²) < 4.78 is 0. The number of anilines is 2. The number of benzene rings is 3. The number of carbonyl (C=O) groups is 1. The number of nitrogens with zero attached hydrogens (tertiary/aromatic N) is 2. The lowest BCUT2D eigenvalue weighted by Crippen LogP contribution is -2.40. The Morgan fingerprint density at radius 1 is 0.848 bits per heavy atom. The number of carbonyl (C=O) groups excluding carboxylic acids is 1. The van der Waals surface area contributed by atoms with E-state index in [0.29, 0.717) is 6.04 Å². The highest BCUT2D eigenvalue weighted by molar-refractivity contribution is 6.07. The van der Waals surface area contributed by atoms with Gasteiger partial charge in [0.25, 0.3) is 5.91 Å². The lowest BCUT2D eigenvalue weighted by Gasteiger charge is -2.30. The van der Waals surface area contributed by atoms with Crippen molar-refractivity contribution >= 4 is 39.1 Å². The zero-order chi connectivity index (χ0) is 22.8. The van der Waals surface area contributed by atoms with Crippen molar-refractivity contribution in [2.24, 2.45) is 0 Å². The standard InChI is InChI=1S/C28H30N4O/c1-32(2)26-18-27(31-25-13-6-5-11-24(25)26)29-20-14-16-21(17-15-20)30-28(33)23-12-7-9-19-8-3-4-10-22(19)23/h3-13,18,20-21H,14-17H2,1-2H3,(H,29,31)(H,30,33)/t20-,21+. The van der Waals surface area contributed by atoms with Gasteiger partial charge in [0, 0.05) is 48.9 Å². The van der Waals surface area contributed by atoms with Crippen LogP contribution in [0.25, 0.3) is 21.7 Å². The second-order valence-corrected chi connectivity index (χ2v) is 9.13. The number of fused-ring (bicyclic) bond motifs is 2. The van der Waals surface area contributed by atoms with E-state index in [-0.39, 0.29) is 11.9 Å². The van der Waals surface area contributed by atoms with Crippen LogP contribution in [-0.4, -0.2) is 37.1 Å². The van der Waals surface area contributed by atoms with Gasteiger partial charge >= 0.3 is 0 Å². The molecule has 33 heavy (non-hydrogen) atoms. The third kappa shape index (κ3) is 4.49. The van der Waals surface area contributed by atoms with Crippen LogP contribution in [0.2, 0.25) is 0 Å². The first-order valence-corrected chi connectivity index (χ1v) is 11.7. The summed E-state index contributed by atoms with van der Waals surface area (Å²) in [6, 6.07) is 24.9. The monoisotopic (exact) mass is 438 g/mol. The van der Waals surface area contributed by atoms with Gasteiger partial charge < -0.3 is 15.5 Å². The Labute approximate surface area is 194 Å². The topological polar surface area (TPSA) is 57.3 Å². The van der Waals surface area contributed by atoms with E-state index in [1.807, 2.05) is 48.5 Å². The molecule has 0 radical (unpaired) electrons. The summed E-state index contributed by atoms with van der Waals surface area (Å²) in [4.78, 5) is 20.0. The normalized spacial score (nSPS) is 18.2. The van der Waals surface area contributed by atoms with Crippen LogP contribution in [0.15, 0.2) is 72.8 Å². The number of pyridine rings is 1. The molecule has 4 aromatic rings. The average Bonchev–Trinajstić information content (AvgIpc) is 2.84. The molecular weight excluding hydrogens is 408 g/mol. The third-order valence-electron chi connectivity index (χ3n) is 6.62. The molecule has 1 aromatic heterocycles. The predicted molar refractivity (Wildman–Crippen MR) is 137 cm³/mol. The van der Waals surface area contributed by atoms with Crippen LogP contribution >= 0.6 is 0 Å². The van der Waals surface area contributed by atoms with Crippen molar-refractivity contribution in [3.8, 4) is 0 Å². The molecule has 1 fully saturated rings. The Balaban J connectivity index is 1.23.